The predicted octanol–water partition coefficient (Wildman–Crippen LogP) is 5.53. The van der Waals surface area contributed by atoms with Gasteiger partial charge in [0.15, 0.2) is 5.65 Å². The standard InChI is InChI=1S/C26H31F6N9/c1-7-40(12-15(2)3)22-18(10-21-16(4)35-38(5)23(21)33-22)14-41(24-34-37-39(6)36-24)13-17-8-19(25(27,28)29)11-20(9-17)26(30,31)32/h8-11,15H,7,12-14H2,1-6H3. The summed E-state index contributed by atoms with van der Waals surface area (Å²) in [6, 6.07) is 3.44. The zero-order valence-electron chi connectivity index (χ0n) is 23.5. The highest BCUT2D eigenvalue weighted by Gasteiger charge is 2.37. The number of aromatic nitrogens is 7. The van der Waals surface area contributed by atoms with Crippen LogP contribution in [0.25, 0.3) is 11.0 Å². The Morgan fingerprint density at radius 2 is 1.51 bits per heavy atom. The Kier molecular flexibility index (Phi) is 8.18. The zero-order chi connectivity index (χ0) is 30.3. The normalized spacial score (nSPS) is 12.5. The Labute approximate surface area is 232 Å². The monoisotopic (exact) mass is 583 g/mol. The molecule has 4 rings (SSSR count). The van der Waals surface area contributed by atoms with Gasteiger partial charge >= 0.3 is 12.4 Å². The van der Waals surface area contributed by atoms with Gasteiger partial charge in [0.2, 0.25) is 0 Å². The van der Waals surface area contributed by atoms with Crippen LogP contribution in [0.3, 0.4) is 0 Å². The Morgan fingerprint density at radius 1 is 0.878 bits per heavy atom. The second-order valence-corrected chi connectivity index (χ2v) is 10.3. The summed E-state index contributed by atoms with van der Waals surface area (Å²) in [5.74, 6) is 0.960. The number of aryl methyl sites for hydroxylation is 3. The van der Waals surface area contributed by atoms with Crippen LogP contribution in [0.15, 0.2) is 24.3 Å². The van der Waals surface area contributed by atoms with Gasteiger partial charge in [0.05, 0.1) is 23.9 Å². The number of anilines is 2. The summed E-state index contributed by atoms with van der Waals surface area (Å²) in [6.07, 6.45) is -9.94. The first-order valence-electron chi connectivity index (χ1n) is 12.9. The molecule has 0 fully saturated rings. The fourth-order valence-electron chi connectivity index (χ4n) is 4.71. The van der Waals surface area contributed by atoms with Gasteiger partial charge < -0.3 is 9.80 Å². The van der Waals surface area contributed by atoms with Crippen molar-refractivity contribution in [1.29, 1.82) is 0 Å². The van der Waals surface area contributed by atoms with Crippen LogP contribution in [-0.4, -0.2) is 48.1 Å². The van der Waals surface area contributed by atoms with Gasteiger partial charge in [-0.3, -0.25) is 4.68 Å². The lowest BCUT2D eigenvalue weighted by Gasteiger charge is -2.29. The third-order valence-electron chi connectivity index (χ3n) is 6.48. The van der Waals surface area contributed by atoms with Crippen LogP contribution in [-0.2, 0) is 39.5 Å². The van der Waals surface area contributed by atoms with Gasteiger partial charge in [0.25, 0.3) is 5.95 Å². The minimum atomic E-state index is -4.97. The van der Waals surface area contributed by atoms with Crippen LogP contribution in [0, 0.1) is 12.8 Å². The summed E-state index contributed by atoms with van der Waals surface area (Å²) in [4.78, 5) is 9.65. The second-order valence-electron chi connectivity index (χ2n) is 10.3. The van der Waals surface area contributed by atoms with Crippen LogP contribution >= 0.6 is 0 Å². The molecule has 0 spiro atoms. The van der Waals surface area contributed by atoms with E-state index in [1.54, 1.807) is 11.7 Å². The maximum absolute atomic E-state index is 13.6. The summed E-state index contributed by atoms with van der Waals surface area (Å²) in [6.45, 7) is 8.92. The summed E-state index contributed by atoms with van der Waals surface area (Å²) in [5, 5.41) is 17.3. The number of hydrogen-bond donors (Lipinski definition) is 0. The first-order chi connectivity index (χ1) is 19.1. The number of alkyl halides is 6. The minimum Gasteiger partial charge on any atom is -0.356 e. The molecule has 9 nitrogen and oxygen atoms in total. The smallest absolute Gasteiger partial charge is 0.356 e. The Hall–Kier alpha value is -3.91. The van der Waals surface area contributed by atoms with Crippen molar-refractivity contribution in [1.82, 2.24) is 35.0 Å². The van der Waals surface area contributed by atoms with E-state index in [1.807, 2.05) is 19.9 Å². The summed E-state index contributed by atoms with van der Waals surface area (Å²) < 4.78 is 83.1. The van der Waals surface area contributed by atoms with E-state index in [1.165, 1.54) is 16.7 Å². The van der Waals surface area contributed by atoms with Gasteiger partial charge in [-0.15, -0.1) is 5.10 Å². The molecule has 0 aliphatic carbocycles. The average molecular weight is 584 g/mol. The lowest BCUT2D eigenvalue weighted by molar-refractivity contribution is -0.143. The molecule has 3 heterocycles. The van der Waals surface area contributed by atoms with Crippen LogP contribution in [0.2, 0.25) is 0 Å². The highest BCUT2D eigenvalue weighted by Crippen LogP contribution is 2.37. The van der Waals surface area contributed by atoms with E-state index in [-0.39, 0.29) is 36.6 Å². The number of halogens is 6. The predicted molar refractivity (Wildman–Crippen MR) is 141 cm³/mol. The van der Waals surface area contributed by atoms with E-state index in [2.05, 4.69) is 39.3 Å². The van der Waals surface area contributed by atoms with E-state index >= 15 is 0 Å². The summed E-state index contributed by atoms with van der Waals surface area (Å²) in [7, 11) is 3.30. The molecule has 0 amide bonds. The molecule has 0 saturated heterocycles. The number of pyridine rings is 1. The van der Waals surface area contributed by atoms with E-state index in [0.29, 0.717) is 42.3 Å². The lowest BCUT2D eigenvalue weighted by Crippen LogP contribution is -2.31. The van der Waals surface area contributed by atoms with Crippen molar-refractivity contribution >= 4 is 22.8 Å². The van der Waals surface area contributed by atoms with E-state index in [9.17, 15) is 26.3 Å². The van der Waals surface area contributed by atoms with Gasteiger partial charge in [-0.05, 0) is 54.8 Å². The average Bonchev–Trinajstić information content (AvgIpc) is 3.42. The van der Waals surface area contributed by atoms with Gasteiger partial charge in [-0.25, -0.2) is 4.98 Å². The van der Waals surface area contributed by atoms with Crippen LogP contribution in [0.5, 0.6) is 0 Å². The van der Waals surface area contributed by atoms with E-state index < -0.39 is 23.5 Å². The Morgan fingerprint density at radius 3 is 2.02 bits per heavy atom. The van der Waals surface area contributed by atoms with Crippen molar-refractivity contribution in [2.24, 2.45) is 20.0 Å². The largest absolute Gasteiger partial charge is 0.416 e. The second kappa shape index (κ2) is 11.2. The van der Waals surface area contributed by atoms with Gasteiger partial charge in [0.1, 0.15) is 5.82 Å². The molecule has 0 bridgehead atoms. The molecule has 0 atom stereocenters. The topological polar surface area (TPSA) is 80.8 Å². The Balaban J connectivity index is 1.85. The molecule has 0 aliphatic heterocycles. The van der Waals surface area contributed by atoms with Crippen molar-refractivity contribution in [2.45, 2.75) is 53.1 Å². The fraction of sp³-hybridized carbons (Fsp3) is 0.500. The molecule has 222 valence electrons. The number of hydrogen-bond acceptors (Lipinski definition) is 7. The summed E-state index contributed by atoms with van der Waals surface area (Å²) in [5.41, 5.74) is -0.919. The molecule has 3 aromatic heterocycles. The molecule has 0 radical (unpaired) electrons. The molecule has 0 unspecified atom stereocenters. The van der Waals surface area contributed by atoms with Crippen molar-refractivity contribution in [2.75, 3.05) is 22.9 Å². The molecule has 0 N–H and O–H groups in total. The van der Waals surface area contributed by atoms with Crippen LogP contribution < -0.4 is 9.80 Å². The summed E-state index contributed by atoms with van der Waals surface area (Å²) >= 11 is 0. The minimum absolute atomic E-state index is 0.0322. The highest BCUT2D eigenvalue weighted by molar-refractivity contribution is 5.81. The van der Waals surface area contributed by atoms with Gasteiger partial charge in [-0.1, -0.05) is 18.9 Å². The maximum atomic E-state index is 13.6. The zero-order valence-corrected chi connectivity index (χ0v) is 23.5. The number of benzene rings is 1. The molecule has 1 aromatic carbocycles. The van der Waals surface area contributed by atoms with Gasteiger partial charge in [-0.2, -0.15) is 36.2 Å². The van der Waals surface area contributed by atoms with Crippen molar-refractivity contribution in [3.05, 3.63) is 52.2 Å². The molecule has 0 saturated carbocycles. The van der Waals surface area contributed by atoms with E-state index in [0.717, 1.165) is 11.1 Å². The molecule has 0 aliphatic rings. The van der Waals surface area contributed by atoms with Crippen molar-refractivity contribution < 1.29 is 26.3 Å². The van der Waals surface area contributed by atoms with Crippen molar-refractivity contribution in [3.63, 3.8) is 0 Å². The van der Waals surface area contributed by atoms with Crippen LogP contribution in [0.1, 0.15) is 48.7 Å². The van der Waals surface area contributed by atoms with E-state index in [4.69, 9.17) is 4.98 Å². The van der Waals surface area contributed by atoms with Crippen molar-refractivity contribution in [3.8, 4) is 0 Å². The molecular formula is C26H31F6N9. The maximum Gasteiger partial charge on any atom is 0.416 e. The third kappa shape index (κ3) is 6.70. The molecule has 41 heavy (non-hydrogen) atoms. The first kappa shape index (κ1) is 30.1. The first-order valence-corrected chi connectivity index (χ1v) is 12.9. The third-order valence-corrected chi connectivity index (χ3v) is 6.48. The highest BCUT2D eigenvalue weighted by atomic mass is 19.4. The lowest BCUT2D eigenvalue weighted by atomic mass is 10.0. The molecule has 4 aromatic rings. The van der Waals surface area contributed by atoms with Crippen LogP contribution in [0.4, 0.5) is 38.1 Å². The quantitative estimate of drug-likeness (QED) is 0.240. The molecule has 15 heteroatoms. The fourth-order valence-corrected chi connectivity index (χ4v) is 4.71. The van der Waals surface area contributed by atoms with Gasteiger partial charge in [0, 0.05) is 44.2 Å². The number of fused-ring (bicyclic) bond motifs is 1. The molecular weight excluding hydrogens is 552 g/mol. The Bertz CT molecular complexity index is 1490. The SMILES string of the molecule is CCN(CC(C)C)c1nc2c(cc1CN(Cc1cc(C(F)(F)F)cc(C(F)(F)F)c1)c1nnn(C)n1)c(C)nn2C. The number of nitrogens with zero attached hydrogens (tertiary/aromatic N) is 9. The number of tetrazole rings is 1. The number of rotatable bonds is 9.